The van der Waals surface area contributed by atoms with Crippen molar-refractivity contribution in [2.45, 2.75) is 39.3 Å². The Morgan fingerprint density at radius 3 is 2.73 bits per heavy atom. The molecule has 0 saturated carbocycles. The Hall–Kier alpha value is -2.43. The monoisotopic (exact) mass is 298 g/mol. The van der Waals surface area contributed by atoms with Gasteiger partial charge in [0, 0.05) is 12.2 Å². The van der Waals surface area contributed by atoms with Crippen molar-refractivity contribution < 1.29 is 4.79 Å². The van der Waals surface area contributed by atoms with Crippen molar-refractivity contribution in [3.05, 3.63) is 59.7 Å². The lowest BCUT2D eigenvalue weighted by molar-refractivity contribution is 0.236. The zero-order chi connectivity index (χ0) is 15.8. The van der Waals surface area contributed by atoms with Gasteiger partial charge in [0.1, 0.15) is 5.82 Å². The molecule has 116 valence electrons. The highest BCUT2D eigenvalue weighted by molar-refractivity contribution is 5.74. The third kappa shape index (κ3) is 5.52. The van der Waals surface area contributed by atoms with Crippen molar-refractivity contribution in [3.8, 4) is 0 Å². The summed E-state index contributed by atoms with van der Waals surface area (Å²) in [6.45, 7) is 4.24. The Morgan fingerprint density at radius 2 is 2.00 bits per heavy atom. The van der Waals surface area contributed by atoms with Crippen LogP contribution in [0.25, 0.3) is 0 Å². The first kappa shape index (κ1) is 15.9. The van der Waals surface area contributed by atoms with Gasteiger partial charge in [-0.25, -0.2) is 14.8 Å². The highest BCUT2D eigenvalue weighted by atomic mass is 16.2. The fourth-order valence-electron chi connectivity index (χ4n) is 2.15. The molecule has 0 unspecified atom stereocenters. The van der Waals surface area contributed by atoms with Gasteiger partial charge >= 0.3 is 6.03 Å². The summed E-state index contributed by atoms with van der Waals surface area (Å²) in [6.07, 6.45) is 3.55. The van der Waals surface area contributed by atoms with Crippen LogP contribution in [0.1, 0.15) is 30.4 Å². The van der Waals surface area contributed by atoms with E-state index in [0.29, 0.717) is 12.4 Å². The molecule has 0 aliphatic carbocycles. The summed E-state index contributed by atoms with van der Waals surface area (Å²) in [7, 11) is 0. The number of aryl methyl sites for hydroxylation is 2. The summed E-state index contributed by atoms with van der Waals surface area (Å²) in [6, 6.07) is 12.0. The van der Waals surface area contributed by atoms with Gasteiger partial charge in [-0.15, -0.1) is 0 Å². The predicted molar refractivity (Wildman–Crippen MR) is 86.4 cm³/mol. The summed E-state index contributed by atoms with van der Waals surface area (Å²) in [4.78, 5) is 20.1. The molecule has 0 radical (unpaired) electrons. The molecule has 0 aliphatic heterocycles. The summed E-state index contributed by atoms with van der Waals surface area (Å²) in [5.41, 5.74) is 2.09. The third-order valence-electron chi connectivity index (χ3n) is 3.35. The number of nitrogens with zero attached hydrogens (tertiary/aromatic N) is 2. The number of carbonyl (C=O) groups excluding carboxylic acids is 1. The first-order chi connectivity index (χ1) is 10.6. The lowest BCUT2D eigenvalue weighted by Gasteiger charge is -2.14. The minimum absolute atomic E-state index is 0.118. The van der Waals surface area contributed by atoms with Crippen molar-refractivity contribution in [3.63, 3.8) is 0 Å². The van der Waals surface area contributed by atoms with E-state index in [1.165, 1.54) is 5.56 Å². The molecule has 2 rings (SSSR count). The maximum atomic E-state index is 11.9. The van der Waals surface area contributed by atoms with E-state index < -0.39 is 0 Å². The smallest absolute Gasteiger partial charge is 0.315 e. The molecule has 1 aromatic carbocycles. The quantitative estimate of drug-likeness (QED) is 0.861. The Kier molecular flexibility index (Phi) is 5.89. The van der Waals surface area contributed by atoms with Gasteiger partial charge in [-0.2, -0.15) is 0 Å². The predicted octanol–water partition coefficient (Wildman–Crippen LogP) is 2.61. The number of hydrogen-bond acceptors (Lipinski definition) is 3. The zero-order valence-corrected chi connectivity index (χ0v) is 13.0. The largest absolute Gasteiger partial charge is 0.336 e. The molecule has 22 heavy (non-hydrogen) atoms. The Bertz CT molecular complexity index is 601. The first-order valence-electron chi connectivity index (χ1n) is 7.50. The number of benzene rings is 1. The molecule has 0 saturated heterocycles. The number of aromatic nitrogens is 2. The van der Waals surface area contributed by atoms with Gasteiger partial charge in [-0.05, 0) is 38.3 Å². The van der Waals surface area contributed by atoms with Gasteiger partial charge in [0.25, 0.3) is 0 Å². The van der Waals surface area contributed by atoms with Gasteiger partial charge in [-0.3, -0.25) is 0 Å². The van der Waals surface area contributed by atoms with Crippen LogP contribution in [0.2, 0.25) is 0 Å². The van der Waals surface area contributed by atoms with E-state index in [4.69, 9.17) is 0 Å². The van der Waals surface area contributed by atoms with Crippen LogP contribution in [0.15, 0.2) is 42.6 Å². The normalized spacial score (nSPS) is 11.7. The Morgan fingerprint density at radius 1 is 1.23 bits per heavy atom. The highest BCUT2D eigenvalue weighted by Crippen LogP contribution is 2.04. The van der Waals surface area contributed by atoms with E-state index in [1.807, 2.05) is 32.0 Å². The van der Waals surface area contributed by atoms with Crippen molar-refractivity contribution >= 4 is 6.03 Å². The number of carbonyl (C=O) groups is 1. The molecule has 0 aliphatic rings. The summed E-state index contributed by atoms with van der Waals surface area (Å²) < 4.78 is 0. The molecule has 5 heteroatoms. The Balaban J connectivity index is 1.70. The Labute approximate surface area is 131 Å². The van der Waals surface area contributed by atoms with Crippen LogP contribution >= 0.6 is 0 Å². The number of nitrogens with one attached hydrogen (secondary N) is 2. The van der Waals surface area contributed by atoms with Crippen LogP contribution in [0, 0.1) is 6.92 Å². The van der Waals surface area contributed by atoms with E-state index in [1.54, 1.807) is 12.3 Å². The average Bonchev–Trinajstić information content (AvgIpc) is 2.52. The van der Waals surface area contributed by atoms with Crippen LogP contribution in [0.4, 0.5) is 4.79 Å². The van der Waals surface area contributed by atoms with Crippen molar-refractivity contribution in [1.29, 1.82) is 0 Å². The number of amides is 2. The van der Waals surface area contributed by atoms with Crippen molar-refractivity contribution in [2.24, 2.45) is 0 Å². The molecule has 0 bridgehead atoms. The lowest BCUT2D eigenvalue weighted by Crippen LogP contribution is -2.40. The van der Waals surface area contributed by atoms with Gasteiger partial charge in [0.15, 0.2) is 0 Å². The molecule has 2 amide bonds. The topological polar surface area (TPSA) is 66.9 Å². The van der Waals surface area contributed by atoms with Gasteiger partial charge in [0.2, 0.25) is 0 Å². The minimum atomic E-state index is -0.170. The van der Waals surface area contributed by atoms with E-state index in [0.717, 1.165) is 18.5 Å². The van der Waals surface area contributed by atoms with Crippen LogP contribution in [-0.4, -0.2) is 22.0 Å². The van der Waals surface area contributed by atoms with Crippen molar-refractivity contribution in [2.75, 3.05) is 0 Å². The van der Waals surface area contributed by atoms with E-state index in [9.17, 15) is 4.79 Å². The summed E-state index contributed by atoms with van der Waals surface area (Å²) >= 11 is 0. The molecule has 1 atom stereocenters. The first-order valence-corrected chi connectivity index (χ1v) is 7.50. The lowest BCUT2D eigenvalue weighted by atomic mass is 10.1. The molecule has 1 heterocycles. The number of rotatable bonds is 6. The fourth-order valence-corrected chi connectivity index (χ4v) is 2.15. The van der Waals surface area contributed by atoms with E-state index in [2.05, 4.69) is 32.7 Å². The molecule has 0 fully saturated rings. The highest BCUT2D eigenvalue weighted by Gasteiger charge is 2.07. The molecule has 2 N–H and O–H groups in total. The van der Waals surface area contributed by atoms with E-state index >= 15 is 0 Å². The fraction of sp³-hybridized carbons (Fsp3) is 0.353. The maximum absolute atomic E-state index is 11.9. The molecule has 1 aromatic heterocycles. The second-order valence-corrected chi connectivity index (χ2v) is 5.35. The van der Waals surface area contributed by atoms with Gasteiger partial charge in [0.05, 0.1) is 12.2 Å². The van der Waals surface area contributed by atoms with Gasteiger partial charge < -0.3 is 10.6 Å². The van der Waals surface area contributed by atoms with E-state index in [-0.39, 0.29) is 12.1 Å². The molecule has 2 aromatic rings. The van der Waals surface area contributed by atoms with Crippen LogP contribution in [0.3, 0.4) is 0 Å². The molecule has 5 nitrogen and oxygen atoms in total. The molecule has 0 spiro atoms. The number of urea groups is 1. The maximum Gasteiger partial charge on any atom is 0.315 e. The average molecular weight is 298 g/mol. The van der Waals surface area contributed by atoms with Gasteiger partial charge in [-0.1, -0.05) is 30.3 Å². The third-order valence-corrected chi connectivity index (χ3v) is 3.35. The van der Waals surface area contributed by atoms with Crippen LogP contribution < -0.4 is 10.6 Å². The van der Waals surface area contributed by atoms with Crippen LogP contribution in [0.5, 0.6) is 0 Å². The zero-order valence-electron chi connectivity index (χ0n) is 13.0. The molecular formula is C17H22N4O. The second kappa shape index (κ2) is 8.12. The SMILES string of the molecule is Cc1nccc(CNC(=O)N[C@H](C)CCc2ccccc2)n1. The van der Waals surface area contributed by atoms with Crippen LogP contribution in [-0.2, 0) is 13.0 Å². The van der Waals surface area contributed by atoms with Crippen molar-refractivity contribution in [1.82, 2.24) is 20.6 Å². The summed E-state index contributed by atoms with van der Waals surface area (Å²) in [5.74, 6) is 0.705. The minimum Gasteiger partial charge on any atom is -0.336 e. The standard InChI is InChI=1S/C17H22N4O/c1-13(8-9-15-6-4-3-5-7-15)20-17(22)19-12-16-10-11-18-14(2)21-16/h3-7,10-11,13H,8-9,12H2,1-2H3,(H2,19,20,22)/t13-/m1/s1. The number of hydrogen-bond donors (Lipinski definition) is 2. The second-order valence-electron chi connectivity index (χ2n) is 5.35. The molecular weight excluding hydrogens is 276 g/mol. The summed E-state index contributed by atoms with van der Waals surface area (Å²) in [5, 5.41) is 5.76.